The summed E-state index contributed by atoms with van der Waals surface area (Å²) in [6.45, 7) is 4.33. The molecule has 0 amide bonds. The van der Waals surface area contributed by atoms with Gasteiger partial charge in [0.1, 0.15) is 46.3 Å². The number of H-pyrrole nitrogens is 1. The van der Waals surface area contributed by atoms with Crippen molar-refractivity contribution in [2.45, 2.75) is 31.2 Å². The fraction of sp³-hybridized carbons (Fsp3) is 0.280. The van der Waals surface area contributed by atoms with Crippen LogP contribution in [0.5, 0.6) is 23.0 Å². The van der Waals surface area contributed by atoms with E-state index in [1.165, 1.54) is 0 Å². The summed E-state index contributed by atoms with van der Waals surface area (Å²) in [5.41, 5.74) is 8.90. The summed E-state index contributed by atoms with van der Waals surface area (Å²) in [4.78, 5) is 30.3. The molecule has 2 unspecified atom stereocenters. The van der Waals surface area contributed by atoms with Crippen molar-refractivity contribution in [3.8, 4) is 45.3 Å². The van der Waals surface area contributed by atoms with Gasteiger partial charge in [-0.15, -0.1) is 0 Å². The van der Waals surface area contributed by atoms with Crippen LogP contribution in [-0.2, 0) is 24.1 Å². The highest BCUT2D eigenvalue weighted by atomic mass is 16.5. The predicted molar refractivity (Wildman–Crippen MR) is 245 cm³/mol. The van der Waals surface area contributed by atoms with Gasteiger partial charge in [-0.2, -0.15) is 5.10 Å². The molecule has 64 heavy (non-hydrogen) atoms. The number of ether oxygens (including phenoxy) is 5. The summed E-state index contributed by atoms with van der Waals surface area (Å²) in [7, 11) is 5.43. The first-order chi connectivity index (χ1) is 31.5. The fourth-order valence-electron chi connectivity index (χ4n) is 9.09. The highest BCUT2D eigenvalue weighted by Crippen LogP contribution is 2.39. The minimum absolute atomic E-state index is 0.0189. The number of hydrogen-bond acceptors (Lipinski definition) is 13. The van der Waals surface area contributed by atoms with Crippen LogP contribution >= 0.6 is 0 Å². The molecule has 3 aliphatic rings. The van der Waals surface area contributed by atoms with Gasteiger partial charge < -0.3 is 33.5 Å². The molecular weight excluding hydrogens is 807 g/mol. The fourth-order valence-corrected chi connectivity index (χ4v) is 9.09. The number of methoxy groups -OCH3 is 2. The molecule has 1 N–H and O–H groups in total. The van der Waals surface area contributed by atoms with E-state index in [1.54, 1.807) is 14.2 Å². The van der Waals surface area contributed by atoms with Crippen LogP contribution in [0, 0.1) is 0 Å². The maximum absolute atomic E-state index is 6.26. The molecule has 0 spiro atoms. The van der Waals surface area contributed by atoms with Crippen molar-refractivity contribution in [3.05, 3.63) is 132 Å². The first-order valence-corrected chi connectivity index (χ1v) is 21.7. The molecule has 4 aromatic heterocycles. The summed E-state index contributed by atoms with van der Waals surface area (Å²) in [6.07, 6.45) is 7.09. The Morgan fingerprint density at radius 3 is 2.06 bits per heavy atom. The Morgan fingerprint density at radius 1 is 0.688 bits per heavy atom. The molecule has 322 valence electrons. The summed E-state index contributed by atoms with van der Waals surface area (Å²) in [5.74, 6) is 6.54. The second-order valence-corrected chi connectivity index (χ2v) is 16.6. The van der Waals surface area contributed by atoms with Crippen molar-refractivity contribution in [1.82, 2.24) is 35.1 Å². The number of benzene rings is 4. The number of pyridine rings is 1. The maximum Gasteiger partial charge on any atom is 0.140 e. The predicted octanol–water partition coefficient (Wildman–Crippen LogP) is 7.95. The molecule has 7 heterocycles. The number of nitrogens with zero attached hydrogens (tertiary/aromatic N) is 8. The van der Waals surface area contributed by atoms with Crippen molar-refractivity contribution in [2.75, 3.05) is 70.6 Å². The molecule has 1 fully saturated rings. The Hall–Kier alpha value is -7.32. The molecule has 8 aromatic rings. The van der Waals surface area contributed by atoms with E-state index in [9.17, 15) is 0 Å². The topological polar surface area (TPSA) is 146 Å². The van der Waals surface area contributed by atoms with E-state index in [4.69, 9.17) is 48.6 Å². The van der Waals surface area contributed by atoms with E-state index in [0.717, 1.165) is 133 Å². The normalized spacial score (nSPS) is 17.0. The molecule has 0 aliphatic carbocycles. The molecule has 0 saturated carbocycles. The highest BCUT2D eigenvalue weighted by Gasteiger charge is 2.29. The number of aromatic amines is 1. The summed E-state index contributed by atoms with van der Waals surface area (Å²) in [5, 5.41) is 9.08. The zero-order valence-electron chi connectivity index (χ0n) is 36.0. The van der Waals surface area contributed by atoms with Crippen LogP contribution in [0.25, 0.3) is 44.1 Å². The van der Waals surface area contributed by atoms with Crippen LogP contribution in [-0.4, -0.2) is 95.9 Å². The molecule has 4 aromatic carbocycles. The summed E-state index contributed by atoms with van der Waals surface area (Å²) >= 11 is 0. The van der Waals surface area contributed by atoms with Gasteiger partial charge in [0.15, 0.2) is 0 Å². The van der Waals surface area contributed by atoms with E-state index >= 15 is 0 Å². The smallest absolute Gasteiger partial charge is 0.140 e. The third-order valence-electron chi connectivity index (χ3n) is 12.5. The minimum atomic E-state index is -0.0443. The Kier molecular flexibility index (Phi) is 10.3. The molecule has 3 aliphatic heterocycles. The van der Waals surface area contributed by atoms with Gasteiger partial charge >= 0.3 is 0 Å². The van der Waals surface area contributed by atoms with Crippen molar-refractivity contribution in [2.24, 2.45) is 0 Å². The Bertz CT molecular complexity index is 3010. The average Bonchev–Trinajstić information content (AvgIpc) is 3.90. The van der Waals surface area contributed by atoms with Crippen LogP contribution in [0.1, 0.15) is 40.3 Å². The summed E-state index contributed by atoms with van der Waals surface area (Å²) in [6, 6.07) is 28.9. The van der Waals surface area contributed by atoms with E-state index in [2.05, 4.69) is 81.6 Å². The van der Waals surface area contributed by atoms with Crippen molar-refractivity contribution < 1.29 is 23.7 Å². The van der Waals surface area contributed by atoms with Gasteiger partial charge in [0.2, 0.25) is 0 Å². The van der Waals surface area contributed by atoms with Gasteiger partial charge in [-0.25, -0.2) is 19.9 Å². The van der Waals surface area contributed by atoms with Gasteiger partial charge in [0.25, 0.3) is 0 Å². The average molecular weight is 854 g/mol. The molecule has 14 nitrogen and oxygen atoms in total. The molecule has 0 radical (unpaired) electrons. The number of rotatable bonds is 10. The van der Waals surface area contributed by atoms with E-state index in [-0.39, 0.29) is 11.8 Å². The zero-order valence-corrected chi connectivity index (χ0v) is 36.0. The van der Waals surface area contributed by atoms with Gasteiger partial charge in [-0.3, -0.25) is 10.1 Å². The lowest BCUT2D eigenvalue weighted by Crippen LogP contribution is -2.37. The molecular formula is C50H47N9O5. The van der Waals surface area contributed by atoms with Crippen LogP contribution in [0.2, 0.25) is 0 Å². The molecule has 11 rings (SSSR count). The maximum atomic E-state index is 6.26. The Balaban J connectivity index is 0.924. The van der Waals surface area contributed by atoms with Crippen molar-refractivity contribution in [3.63, 3.8) is 0 Å². The quantitative estimate of drug-likeness (QED) is 0.142. The monoisotopic (exact) mass is 853 g/mol. The SMILES string of the molecule is COc1ccc2c(c1)CC(c1nc(N(C)Cc3cc(-c4ccc5c(N6CCOCC6)nc(C6COc7ccc(OC)cc7C6)nc5c4)ccn3)c3cc(-c4cn[nH]c4)ccc3n1)CO2. The number of fused-ring (bicyclic) bond motifs is 4. The third kappa shape index (κ3) is 7.63. The second-order valence-electron chi connectivity index (χ2n) is 16.6. The lowest BCUT2D eigenvalue weighted by Gasteiger charge is -2.30. The minimum Gasteiger partial charge on any atom is -0.497 e. The van der Waals surface area contributed by atoms with E-state index < -0.39 is 0 Å². The standard InChI is InChI=1S/C50H47N9O5/c1-58(49-42-23-30(37-25-52-53-26-37)5-9-43(42)54-47(56-49)35-18-33-21-39(60-2)6-10-45(33)63-28-35)27-38-20-32(12-13-51-38)31-4-8-41-44(24-31)55-48(57-50(41)59-14-16-62-17-15-59)36-19-34-22-40(61-3)7-11-46(34)64-29-36/h4-13,20-26,35-36H,14-19,27-29H2,1-3H3,(H,52,53). The van der Waals surface area contributed by atoms with E-state index in [1.807, 2.05) is 48.9 Å². The highest BCUT2D eigenvalue weighted by molar-refractivity contribution is 5.94. The van der Waals surface area contributed by atoms with E-state index in [0.29, 0.717) is 33.0 Å². The third-order valence-corrected chi connectivity index (χ3v) is 12.5. The largest absolute Gasteiger partial charge is 0.497 e. The number of anilines is 2. The molecule has 14 heteroatoms. The van der Waals surface area contributed by atoms with Crippen LogP contribution in [0.15, 0.2) is 104 Å². The van der Waals surface area contributed by atoms with Gasteiger partial charge in [-0.1, -0.05) is 12.1 Å². The molecule has 1 saturated heterocycles. The number of hydrogen-bond donors (Lipinski definition) is 1. The zero-order chi connectivity index (χ0) is 43.1. The summed E-state index contributed by atoms with van der Waals surface area (Å²) < 4.78 is 29.3. The number of nitrogens with one attached hydrogen (secondary N) is 1. The van der Waals surface area contributed by atoms with Gasteiger partial charge in [0.05, 0.1) is 82.0 Å². The van der Waals surface area contributed by atoms with Gasteiger partial charge in [-0.05, 0) is 113 Å². The molecule has 0 bridgehead atoms. The lowest BCUT2D eigenvalue weighted by atomic mass is 9.95. The first-order valence-electron chi connectivity index (χ1n) is 21.7. The second kappa shape index (κ2) is 16.8. The molecule has 2 atom stereocenters. The Labute approximate surface area is 370 Å². The van der Waals surface area contributed by atoms with Crippen LogP contribution in [0.3, 0.4) is 0 Å². The van der Waals surface area contributed by atoms with Gasteiger partial charge in [0, 0.05) is 48.9 Å². The number of morpholine rings is 1. The Morgan fingerprint density at radius 2 is 1.36 bits per heavy atom. The first kappa shape index (κ1) is 39.5. The number of aromatic nitrogens is 7. The van der Waals surface area contributed by atoms with Crippen LogP contribution in [0.4, 0.5) is 11.6 Å². The lowest BCUT2D eigenvalue weighted by molar-refractivity contribution is 0.122. The van der Waals surface area contributed by atoms with Crippen molar-refractivity contribution in [1.29, 1.82) is 0 Å². The van der Waals surface area contributed by atoms with Crippen molar-refractivity contribution >= 4 is 33.4 Å². The van der Waals surface area contributed by atoms with Crippen LogP contribution < -0.4 is 28.7 Å².